The Labute approximate surface area is 94.7 Å². The quantitative estimate of drug-likeness (QED) is 0.480. The van der Waals surface area contributed by atoms with Crippen LogP contribution in [0.4, 0.5) is 0 Å². The first kappa shape index (κ1) is 12.0. The lowest BCUT2D eigenvalue weighted by atomic mass is 10.1. The average molecular weight is 218 g/mol. The third kappa shape index (κ3) is 2.73. The molecule has 0 saturated heterocycles. The molecule has 0 saturated carbocycles. The zero-order chi connectivity index (χ0) is 12.1. The normalized spacial score (nSPS) is 11.0. The molecule has 84 valence electrons. The van der Waals surface area contributed by atoms with Crippen LogP contribution in [0.3, 0.4) is 0 Å². The van der Waals surface area contributed by atoms with Gasteiger partial charge in [-0.1, -0.05) is 18.7 Å². The minimum Gasteiger partial charge on any atom is -0.507 e. The zero-order valence-electron chi connectivity index (χ0n) is 9.36. The van der Waals surface area contributed by atoms with Crippen LogP contribution >= 0.6 is 0 Å². The van der Waals surface area contributed by atoms with Crippen LogP contribution in [0.1, 0.15) is 12.5 Å². The van der Waals surface area contributed by atoms with E-state index in [1.54, 1.807) is 24.3 Å². The second kappa shape index (κ2) is 5.16. The van der Waals surface area contributed by atoms with Crippen LogP contribution in [0.25, 0.3) is 5.76 Å². The Bertz CT molecular complexity index is 444. The summed E-state index contributed by atoms with van der Waals surface area (Å²) in [5, 5.41) is 9.82. The fourth-order valence-electron chi connectivity index (χ4n) is 1.20. The summed E-state index contributed by atoms with van der Waals surface area (Å²) in [6.45, 7) is 4.95. The molecule has 0 amide bonds. The molecule has 0 bridgehead atoms. The van der Waals surface area contributed by atoms with Gasteiger partial charge in [0.1, 0.15) is 11.5 Å². The van der Waals surface area contributed by atoms with Crippen molar-refractivity contribution < 1.29 is 14.6 Å². The van der Waals surface area contributed by atoms with Crippen LogP contribution in [0, 0.1) is 0 Å². The van der Waals surface area contributed by atoms with E-state index in [1.807, 2.05) is 0 Å². The average Bonchev–Trinajstić information content (AvgIpc) is 2.28. The van der Waals surface area contributed by atoms with Gasteiger partial charge in [-0.25, -0.2) is 0 Å². The lowest BCUT2D eigenvalue weighted by molar-refractivity contribution is -0.113. The van der Waals surface area contributed by atoms with E-state index in [-0.39, 0.29) is 17.1 Å². The van der Waals surface area contributed by atoms with Gasteiger partial charge in [-0.15, -0.1) is 0 Å². The largest absolute Gasteiger partial charge is 0.507 e. The van der Waals surface area contributed by atoms with Crippen LogP contribution in [-0.4, -0.2) is 18.0 Å². The zero-order valence-corrected chi connectivity index (χ0v) is 9.36. The highest BCUT2D eigenvalue weighted by molar-refractivity contribution is 5.97. The summed E-state index contributed by atoms with van der Waals surface area (Å²) in [4.78, 5) is 11.0. The van der Waals surface area contributed by atoms with E-state index in [0.717, 1.165) is 0 Å². The van der Waals surface area contributed by atoms with E-state index in [9.17, 15) is 9.90 Å². The Balaban J connectivity index is 3.09. The number of aliphatic hydroxyl groups excluding tert-OH is 1. The summed E-state index contributed by atoms with van der Waals surface area (Å²) in [5.41, 5.74) is 0.788. The van der Waals surface area contributed by atoms with Crippen molar-refractivity contribution in [1.29, 1.82) is 0 Å². The monoisotopic (exact) mass is 218 g/mol. The number of carbonyl (C=O) groups is 1. The van der Waals surface area contributed by atoms with Crippen molar-refractivity contribution >= 4 is 11.5 Å². The van der Waals surface area contributed by atoms with E-state index in [4.69, 9.17) is 4.74 Å². The number of allylic oxidation sites excluding steroid dienone is 2. The summed E-state index contributed by atoms with van der Waals surface area (Å²) < 4.78 is 5.09. The van der Waals surface area contributed by atoms with Crippen molar-refractivity contribution in [2.45, 2.75) is 6.92 Å². The third-order valence-corrected chi connectivity index (χ3v) is 2.15. The number of carbonyl (C=O) groups excluding carboxylic acids is 1. The van der Waals surface area contributed by atoms with Gasteiger partial charge in [0.05, 0.1) is 12.7 Å². The van der Waals surface area contributed by atoms with Crippen LogP contribution in [-0.2, 0) is 4.79 Å². The van der Waals surface area contributed by atoms with Crippen molar-refractivity contribution in [2.24, 2.45) is 0 Å². The summed E-state index contributed by atoms with van der Waals surface area (Å²) in [5.74, 6) is 0.340. The molecule has 0 atom stereocenters. The number of Topliss-reactive ketones (excluding diaryl/α,β-unsaturated/α-hetero) is 1. The fourth-order valence-corrected chi connectivity index (χ4v) is 1.20. The molecule has 0 radical (unpaired) electrons. The molecule has 3 nitrogen and oxygen atoms in total. The lowest BCUT2D eigenvalue weighted by Gasteiger charge is -2.07. The molecule has 3 heteroatoms. The van der Waals surface area contributed by atoms with Crippen molar-refractivity contribution in [3.05, 3.63) is 48.1 Å². The molecular weight excluding hydrogens is 204 g/mol. The van der Waals surface area contributed by atoms with E-state index >= 15 is 0 Å². The first-order valence-corrected chi connectivity index (χ1v) is 4.80. The molecule has 1 aromatic rings. The predicted octanol–water partition coefficient (Wildman–Crippen LogP) is 2.74. The number of hydrogen-bond donors (Lipinski definition) is 1. The number of ether oxygens (including phenoxy) is 1. The molecule has 1 N–H and O–H groups in total. The maximum Gasteiger partial charge on any atom is 0.159 e. The van der Waals surface area contributed by atoms with E-state index in [2.05, 4.69) is 6.58 Å². The molecular formula is C13H14O3. The maximum atomic E-state index is 11.0. The second-order valence-electron chi connectivity index (χ2n) is 3.31. The summed E-state index contributed by atoms with van der Waals surface area (Å²) in [6, 6.07) is 7.02. The molecule has 0 aliphatic carbocycles. The van der Waals surface area contributed by atoms with Crippen LogP contribution in [0.15, 0.2) is 42.5 Å². The highest BCUT2D eigenvalue weighted by atomic mass is 16.5. The Kier molecular flexibility index (Phi) is 3.89. The van der Waals surface area contributed by atoms with Crippen molar-refractivity contribution in [2.75, 3.05) is 7.11 Å². The molecule has 0 aliphatic rings. The molecule has 1 aromatic carbocycles. The fraction of sp³-hybridized carbons (Fsp3) is 0.154. The minimum atomic E-state index is -0.179. The van der Waals surface area contributed by atoms with Crippen LogP contribution < -0.4 is 4.74 Å². The van der Waals surface area contributed by atoms with Gasteiger partial charge in [-0.2, -0.15) is 0 Å². The minimum absolute atomic E-state index is 0.0300. The maximum absolute atomic E-state index is 11.0. The van der Waals surface area contributed by atoms with Gasteiger partial charge in [0, 0.05) is 5.57 Å². The van der Waals surface area contributed by atoms with Crippen molar-refractivity contribution in [1.82, 2.24) is 0 Å². The number of rotatable bonds is 4. The number of benzene rings is 1. The van der Waals surface area contributed by atoms with Gasteiger partial charge in [0.25, 0.3) is 0 Å². The highest BCUT2D eigenvalue weighted by Crippen LogP contribution is 2.24. The van der Waals surface area contributed by atoms with Crippen molar-refractivity contribution in [3.8, 4) is 5.75 Å². The Morgan fingerprint density at radius 1 is 1.44 bits per heavy atom. The number of hydrogen-bond acceptors (Lipinski definition) is 3. The molecule has 0 spiro atoms. The molecule has 0 heterocycles. The summed E-state index contributed by atoms with van der Waals surface area (Å²) in [6.07, 6.45) is 1.33. The van der Waals surface area contributed by atoms with Gasteiger partial charge < -0.3 is 9.84 Å². The standard InChI is InChI=1S/C13H14O3/c1-9(10(2)14)8-12(15)11-6-4-5-7-13(11)16-3/h4-8,15H,1H2,2-3H3/b12-8-. The topological polar surface area (TPSA) is 46.5 Å². The van der Waals surface area contributed by atoms with Gasteiger partial charge >= 0.3 is 0 Å². The molecule has 0 aromatic heterocycles. The highest BCUT2D eigenvalue weighted by Gasteiger charge is 2.07. The van der Waals surface area contributed by atoms with Crippen molar-refractivity contribution in [3.63, 3.8) is 0 Å². The lowest BCUT2D eigenvalue weighted by Crippen LogP contribution is -1.95. The predicted molar refractivity (Wildman–Crippen MR) is 63.4 cm³/mol. The third-order valence-electron chi connectivity index (χ3n) is 2.15. The molecule has 1 rings (SSSR count). The van der Waals surface area contributed by atoms with Gasteiger partial charge in [-0.3, -0.25) is 4.79 Å². The SMILES string of the molecule is C=C(/C=C(\O)c1ccccc1OC)C(C)=O. The Hall–Kier alpha value is -2.03. The number of para-hydroxylation sites is 1. The second-order valence-corrected chi connectivity index (χ2v) is 3.31. The first-order chi connectivity index (χ1) is 7.56. The van der Waals surface area contributed by atoms with E-state index < -0.39 is 0 Å². The number of aliphatic hydroxyl groups is 1. The number of ketones is 1. The molecule has 0 unspecified atom stereocenters. The van der Waals surface area contributed by atoms with Crippen LogP contribution in [0.2, 0.25) is 0 Å². The summed E-state index contributed by atoms with van der Waals surface area (Å²) in [7, 11) is 1.52. The smallest absolute Gasteiger partial charge is 0.159 e. The summed E-state index contributed by atoms with van der Waals surface area (Å²) >= 11 is 0. The Morgan fingerprint density at radius 2 is 2.06 bits per heavy atom. The van der Waals surface area contributed by atoms with Gasteiger partial charge in [0.2, 0.25) is 0 Å². The molecule has 0 fully saturated rings. The van der Waals surface area contributed by atoms with Gasteiger partial charge in [-0.05, 0) is 25.1 Å². The first-order valence-electron chi connectivity index (χ1n) is 4.80. The van der Waals surface area contributed by atoms with Gasteiger partial charge in [0.15, 0.2) is 5.78 Å². The number of methoxy groups -OCH3 is 1. The Morgan fingerprint density at radius 3 is 2.62 bits per heavy atom. The van der Waals surface area contributed by atoms with E-state index in [0.29, 0.717) is 11.3 Å². The van der Waals surface area contributed by atoms with E-state index in [1.165, 1.54) is 20.1 Å². The molecule has 0 aliphatic heterocycles. The molecule has 16 heavy (non-hydrogen) atoms. The van der Waals surface area contributed by atoms with Crippen LogP contribution in [0.5, 0.6) is 5.75 Å².